The van der Waals surface area contributed by atoms with Crippen molar-refractivity contribution in [3.63, 3.8) is 0 Å². The summed E-state index contributed by atoms with van der Waals surface area (Å²) in [5.41, 5.74) is 0.407. The number of amides is 1. The highest BCUT2D eigenvalue weighted by Crippen LogP contribution is 2.33. The SMILES string of the molecule is CCOc1cnc(NC(C)=O)cc1Nc1cc(OC2CCC2)nc(C(C)(F)F)n1. The van der Waals surface area contributed by atoms with Gasteiger partial charge in [-0.05, 0) is 26.2 Å². The van der Waals surface area contributed by atoms with Gasteiger partial charge in [-0.15, -0.1) is 0 Å². The van der Waals surface area contributed by atoms with Crippen LogP contribution in [0.15, 0.2) is 18.3 Å². The molecular weight excluding hydrogens is 384 g/mol. The van der Waals surface area contributed by atoms with Gasteiger partial charge in [0.2, 0.25) is 17.6 Å². The summed E-state index contributed by atoms with van der Waals surface area (Å²) in [7, 11) is 0. The Hall–Kier alpha value is -3.04. The minimum Gasteiger partial charge on any atom is -0.490 e. The van der Waals surface area contributed by atoms with E-state index in [1.54, 1.807) is 6.92 Å². The number of aromatic nitrogens is 3. The third-order valence-electron chi connectivity index (χ3n) is 4.17. The van der Waals surface area contributed by atoms with Crippen LogP contribution < -0.4 is 20.1 Å². The molecule has 0 spiro atoms. The highest BCUT2D eigenvalue weighted by molar-refractivity contribution is 5.88. The zero-order valence-corrected chi connectivity index (χ0v) is 16.5. The van der Waals surface area contributed by atoms with Crippen molar-refractivity contribution in [2.24, 2.45) is 0 Å². The Morgan fingerprint density at radius 1 is 1.28 bits per heavy atom. The van der Waals surface area contributed by atoms with Gasteiger partial charge in [0.15, 0.2) is 5.75 Å². The number of anilines is 3. The van der Waals surface area contributed by atoms with Crippen LogP contribution in [-0.2, 0) is 10.7 Å². The molecule has 8 nitrogen and oxygen atoms in total. The molecule has 29 heavy (non-hydrogen) atoms. The molecule has 1 aliphatic rings. The van der Waals surface area contributed by atoms with Crippen LogP contribution in [0.5, 0.6) is 11.6 Å². The van der Waals surface area contributed by atoms with Gasteiger partial charge in [0.1, 0.15) is 17.7 Å². The number of nitrogens with zero attached hydrogens (tertiary/aromatic N) is 3. The van der Waals surface area contributed by atoms with Crippen LogP contribution in [0.1, 0.15) is 45.9 Å². The molecule has 2 N–H and O–H groups in total. The molecule has 0 saturated heterocycles. The fourth-order valence-electron chi connectivity index (χ4n) is 2.60. The van der Waals surface area contributed by atoms with Crippen LogP contribution in [0.2, 0.25) is 0 Å². The molecule has 10 heteroatoms. The van der Waals surface area contributed by atoms with E-state index in [2.05, 4.69) is 25.6 Å². The Bertz CT molecular complexity index is 885. The lowest BCUT2D eigenvalue weighted by atomic mass is 9.96. The molecule has 0 unspecified atom stereocenters. The van der Waals surface area contributed by atoms with Gasteiger partial charge in [0.05, 0.1) is 18.5 Å². The summed E-state index contributed by atoms with van der Waals surface area (Å²) in [6, 6.07) is 2.99. The van der Waals surface area contributed by atoms with Crippen molar-refractivity contribution >= 4 is 23.2 Å². The molecule has 0 atom stereocenters. The fourth-order valence-corrected chi connectivity index (χ4v) is 2.60. The van der Waals surface area contributed by atoms with Gasteiger partial charge in [0, 0.05) is 26.0 Å². The van der Waals surface area contributed by atoms with Crippen molar-refractivity contribution < 1.29 is 23.0 Å². The van der Waals surface area contributed by atoms with Gasteiger partial charge in [-0.25, -0.2) is 9.97 Å². The Labute approximate surface area is 167 Å². The number of halogens is 2. The molecule has 1 fully saturated rings. The van der Waals surface area contributed by atoms with E-state index < -0.39 is 11.7 Å². The third kappa shape index (κ3) is 5.49. The lowest BCUT2D eigenvalue weighted by Crippen LogP contribution is -2.26. The Balaban J connectivity index is 1.94. The largest absolute Gasteiger partial charge is 0.490 e. The molecule has 0 aromatic carbocycles. The number of hydrogen-bond acceptors (Lipinski definition) is 7. The molecule has 1 amide bonds. The zero-order chi connectivity index (χ0) is 21.0. The third-order valence-corrected chi connectivity index (χ3v) is 4.17. The smallest absolute Gasteiger partial charge is 0.304 e. The maximum Gasteiger partial charge on any atom is 0.304 e. The number of nitrogens with one attached hydrogen (secondary N) is 2. The van der Waals surface area contributed by atoms with Gasteiger partial charge in [-0.3, -0.25) is 4.79 Å². The summed E-state index contributed by atoms with van der Waals surface area (Å²) in [5.74, 6) is -3.32. The first-order valence-corrected chi connectivity index (χ1v) is 9.36. The molecule has 3 rings (SSSR count). The van der Waals surface area contributed by atoms with Gasteiger partial charge in [0.25, 0.3) is 0 Å². The molecule has 0 bridgehead atoms. The first-order chi connectivity index (χ1) is 13.7. The Morgan fingerprint density at radius 2 is 2.03 bits per heavy atom. The van der Waals surface area contributed by atoms with E-state index in [0.29, 0.717) is 18.0 Å². The molecule has 2 aromatic heterocycles. The van der Waals surface area contributed by atoms with Crippen molar-refractivity contribution in [2.45, 2.75) is 52.1 Å². The Kier molecular flexibility index (Phi) is 6.09. The quantitative estimate of drug-likeness (QED) is 0.682. The van der Waals surface area contributed by atoms with E-state index in [1.807, 2.05) is 0 Å². The molecular formula is C19H23F2N5O3. The van der Waals surface area contributed by atoms with E-state index in [0.717, 1.165) is 26.2 Å². The Morgan fingerprint density at radius 3 is 2.62 bits per heavy atom. The predicted molar refractivity (Wildman–Crippen MR) is 103 cm³/mol. The van der Waals surface area contributed by atoms with Crippen molar-refractivity contribution in [1.82, 2.24) is 15.0 Å². The highest BCUT2D eigenvalue weighted by Gasteiger charge is 2.30. The molecule has 2 heterocycles. The van der Waals surface area contributed by atoms with Crippen LogP contribution >= 0.6 is 0 Å². The normalized spacial score (nSPS) is 14.1. The predicted octanol–water partition coefficient (Wildman–Crippen LogP) is 4.02. The summed E-state index contributed by atoms with van der Waals surface area (Å²) in [4.78, 5) is 23.2. The van der Waals surface area contributed by atoms with Gasteiger partial charge in [-0.2, -0.15) is 13.8 Å². The number of ether oxygens (including phenoxy) is 2. The second-order valence-electron chi connectivity index (χ2n) is 6.78. The summed E-state index contributed by atoms with van der Waals surface area (Å²) in [6.07, 6.45) is 4.17. The molecule has 0 radical (unpaired) electrons. The topological polar surface area (TPSA) is 98.3 Å². The molecule has 1 saturated carbocycles. The van der Waals surface area contributed by atoms with Crippen LogP contribution in [0.25, 0.3) is 0 Å². The highest BCUT2D eigenvalue weighted by atomic mass is 19.3. The van der Waals surface area contributed by atoms with E-state index in [4.69, 9.17) is 9.47 Å². The van der Waals surface area contributed by atoms with Crippen molar-refractivity contribution in [1.29, 1.82) is 0 Å². The van der Waals surface area contributed by atoms with E-state index in [1.165, 1.54) is 25.3 Å². The minimum atomic E-state index is -3.24. The summed E-state index contributed by atoms with van der Waals surface area (Å²) < 4.78 is 39.0. The molecule has 0 aliphatic heterocycles. The molecule has 1 aliphatic carbocycles. The van der Waals surface area contributed by atoms with Crippen LogP contribution in [-0.4, -0.2) is 33.6 Å². The average Bonchev–Trinajstić information content (AvgIpc) is 2.59. The number of alkyl halides is 2. The molecule has 156 valence electrons. The van der Waals surface area contributed by atoms with Crippen molar-refractivity contribution in [2.75, 3.05) is 17.2 Å². The average molecular weight is 407 g/mol. The van der Waals surface area contributed by atoms with Crippen LogP contribution in [0.4, 0.5) is 26.1 Å². The van der Waals surface area contributed by atoms with E-state index in [-0.39, 0.29) is 29.5 Å². The van der Waals surface area contributed by atoms with Gasteiger partial charge < -0.3 is 20.1 Å². The first-order valence-electron chi connectivity index (χ1n) is 9.36. The van der Waals surface area contributed by atoms with Gasteiger partial charge >= 0.3 is 5.92 Å². The maximum atomic E-state index is 13.9. The van der Waals surface area contributed by atoms with Gasteiger partial charge in [-0.1, -0.05) is 0 Å². The van der Waals surface area contributed by atoms with Crippen LogP contribution in [0, 0.1) is 0 Å². The lowest BCUT2D eigenvalue weighted by molar-refractivity contribution is -0.114. The number of carbonyl (C=O) groups is 1. The standard InChI is InChI=1S/C19H23F2N5O3/c1-4-28-14-10-22-15(23-11(2)27)8-13(14)24-16-9-17(29-12-6-5-7-12)26-18(25-16)19(3,20)21/h8-10,12H,4-7H2,1-3H3,(H2,22,23,24,25,26,27). The molecule has 2 aromatic rings. The summed E-state index contributed by atoms with van der Waals surface area (Å²) >= 11 is 0. The van der Waals surface area contributed by atoms with Crippen molar-refractivity contribution in [3.05, 3.63) is 24.2 Å². The number of rotatable bonds is 8. The summed E-state index contributed by atoms with van der Waals surface area (Å²) in [5, 5.41) is 5.52. The first kappa shape index (κ1) is 20.7. The monoisotopic (exact) mass is 407 g/mol. The van der Waals surface area contributed by atoms with E-state index >= 15 is 0 Å². The maximum absolute atomic E-state index is 13.9. The fraction of sp³-hybridized carbons (Fsp3) is 0.474. The zero-order valence-electron chi connectivity index (χ0n) is 16.5. The number of hydrogen-bond donors (Lipinski definition) is 2. The number of pyridine rings is 1. The number of carbonyl (C=O) groups excluding carboxylic acids is 1. The second kappa shape index (κ2) is 8.54. The van der Waals surface area contributed by atoms with E-state index in [9.17, 15) is 13.6 Å². The second-order valence-corrected chi connectivity index (χ2v) is 6.78. The minimum absolute atomic E-state index is 0.0256. The van der Waals surface area contributed by atoms with Crippen molar-refractivity contribution in [3.8, 4) is 11.6 Å². The summed E-state index contributed by atoms with van der Waals surface area (Å²) in [6.45, 7) is 4.26. The lowest BCUT2D eigenvalue weighted by Gasteiger charge is -2.26. The van der Waals surface area contributed by atoms with Crippen LogP contribution in [0.3, 0.4) is 0 Å².